The third-order valence-corrected chi connectivity index (χ3v) is 2.61. The number of aryl methyl sites for hydroxylation is 1. The fraction of sp³-hybridized carbons (Fsp3) is 0.308. The summed E-state index contributed by atoms with van der Waals surface area (Å²) >= 11 is 0. The molecule has 0 unspecified atom stereocenters. The lowest BCUT2D eigenvalue weighted by Gasteiger charge is -2.07. The first-order valence-corrected chi connectivity index (χ1v) is 5.52. The molecule has 0 amide bonds. The van der Waals surface area contributed by atoms with E-state index in [1.54, 1.807) is 10.9 Å². The van der Waals surface area contributed by atoms with Crippen LogP contribution in [0, 0.1) is 11.3 Å². The largest absolute Gasteiger partial charge is 0.275 e. The van der Waals surface area contributed by atoms with Crippen LogP contribution in [-0.2, 0) is 7.05 Å². The van der Waals surface area contributed by atoms with E-state index in [1.807, 2.05) is 25.4 Å². The summed E-state index contributed by atoms with van der Waals surface area (Å²) in [4.78, 5) is 4.55. The monoisotopic (exact) mass is 226 g/mol. The van der Waals surface area contributed by atoms with Crippen LogP contribution in [0.1, 0.15) is 31.0 Å². The quantitative estimate of drug-likeness (QED) is 0.790. The molecule has 0 bridgehead atoms. The number of aromatic nitrogens is 3. The molecule has 0 aliphatic carbocycles. The van der Waals surface area contributed by atoms with Crippen LogP contribution in [-0.4, -0.2) is 14.8 Å². The molecule has 0 aromatic carbocycles. The Labute approximate surface area is 101 Å². The third kappa shape index (κ3) is 2.18. The van der Waals surface area contributed by atoms with Gasteiger partial charge in [0.2, 0.25) is 0 Å². The van der Waals surface area contributed by atoms with Crippen molar-refractivity contribution in [1.29, 1.82) is 5.26 Å². The summed E-state index contributed by atoms with van der Waals surface area (Å²) in [6, 6.07) is 5.90. The summed E-state index contributed by atoms with van der Waals surface area (Å²) in [5.74, 6) is 0.346. The van der Waals surface area contributed by atoms with Crippen molar-refractivity contribution in [3.8, 4) is 17.3 Å². The molecule has 0 aliphatic heterocycles. The molecular weight excluding hydrogens is 212 g/mol. The van der Waals surface area contributed by atoms with Gasteiger partial charge in [0.25, 0.3) is 0 Å². The molecule has 0 saturated carbocycles. The second-order valence-corrected chi connectivity index (χ2v) is 4.30. The molecule has 4 nitrogen and oxygen atoms in total. The molecule has 0 saturated heterocycles. The Balaban J connectivity index is 2.58. The van der Waals surface area contributed by atoms with E-state index in [0.29, 0.717) is 17.2 Å². The van der Waals surface area contributed by atoms with Gasteiger partial charge in [0.15, 0.2) is 0 Å². The van der Waals surface area contributed by atoms with Crippen molar-refractivity contribution in [1.82, 2.24) is 14.8 Å². The van der Waals surface area contributed by atoms with Crippen molar-refractivity contribution in [2.45, 2.75) is 19.8 Å². The SMILES string of the molecule is CC(C)c1ccc(C#N)c(-c2cnn(C)c2)n1. The van der Waals surface area contributed by atoms with Crippen molar-refractivity contribution in [3.63, 3.8) is 0 Å². The molecular formula is C13H14N4. The summed E-state index contributed by atoms with van der Waals surface area (Å²) in [5.41, 5.74) is 3.17. The molecule has 4 heteroatoms. The minimum absolute atomic E-state index is 0.346. The lowest BCUT2D eigenvalue weighted by Crippen LogP contribution is -1.96. The van der Waals surface area contributed by atoms with Gasteiger partial charge in [-0.05, 0) is 18.1 Å². The van der Waals surface area contributed by atoms with E-state index in [9.17, 15) is 0 Å². The summed E-state index contributed by atoms with van der Waals surface area (Å²) in [6.07, 6.45) is 3.60. The first kappa shape index (κ1) is 11.3. The molecule has 0 N–H and O–H groups in total. The number of nitrogens with zero attached hydrogens (tertiary/aromatic N) is 4. The van der Waals surface area contributed by atoms with Crippen LogP contribution >= 0.6 is 0 Å². The van der Waals surface area contributed by atoms with Gasteiger partial charge >= 0.3 is 0 Å². The standard InChI is InChI=1S/C13H14N4/c1-9(2)12-5-4-10(6-14)13(16-12)11-7-15-17(3)8-11/h4-5,7-9H,1-3H3. The van der Waals surface area contributed by atoms with Crippen molar-refractivity contribution in [2.75, 3.05) is 0 Å². The van der Waals surface area contributed by atoms with E-state index in [0.717, 1.165) is 11.3 Å². The molecule has 2 aromatic heterocycles. The zero-order valence-corrected chi connectivity index (χ0v) is 10.2. The number of nitriles is 1. The highest BCUT2D eigenvalue weighted by Gasteiger charge is 2.11. The zero-order chi connectivity index (χ0) is 12.4. The second-order valence-electron chi connectivity index (χ2n) is 4.30. The van der Waals surface area contributed by atoms with E-state index in [-0.39, 0.29) is 0 Å². The molecule has 86 valence electrons. The fourth-order valence-corrected chi connectivity index (χ4v) is 1.65. The zero-order valence-electron chi connectivity index (χ0n) is 10.2. The van der Waals surface area contributed by atoms with E-state index >= 15 is 0 Å². The molecule has 2 rings (SSSR count). The van der Waals surface area contributed by atoms with Gasteiger partial charge < -0.3 is 0 Å². The van der Waals surface area contributed by atoms with E-state index < -0.39 is 0 Å². The minimum Gasteiger partial charge on any atom is -0.275 e. The van der Waals surface area contributed by atoms with Crippen LogP contribution in [0.2, 0.25) is 0 Å². The van der Waals surface area contributed by atoms with E-state index in [4.69, 9.17) is 5.26 Å². The summed E-state index contributed by atoms with van der Waals surface area (Å²) in [7, 11) is 1.85. The lowest BCUT2D eigenvalue weighted by atomic mass is 10.1. The second kappa shape index (κ2) is 4.38. The topological polar surface area (TPSA) is 54.5 Å². The summed E-state index contributed by atoms with van der Waals surface area (Å²) in [6.45, 7) is 4.17. The van der Waals surface area contributed by atoms with Crippen LogP contribution in [0.5, 0.6) is 0 Å². The Hall–Kier alpha value is -2.15. The molecule has 2 heterocycles. The summed E-state index contributed by atoms with van der Waals surface area (Å²) < 4.78 is 1.71. The highest BCUT2D eigenvalue weighted by atomic mass is 15.2. The number of hydrogen-bond acceptors (Lipinski definition) is 3. The highest BCUT2D eigenvalue weighted by molar-refractivity contribution is 5.65. The van der Waals surface area contributed by atoms with Crippen molar-refractivity contribution in [3.05, 3.63) is 35.8 Å². The predicted octanol–water partition coefficient (Wildman–Crippen LogP) is 2.48. The van der Waals surface area contributed by atoms with Crippen molar-refractivity contribution >= 4 is 0 Å². The number of pyridine rings is 1. The minimum atomic E-state index is 0.346. The van der Waals surface area contributed by atoms with Crippen molar-refractivity contribution in [2.24, 2.45) is 7.05 Å². The third-order valence-electron chi connectivity index (χ3n) is 2.61. The number of hydrogen-bond donors (Lipinski definition) is 0. The average Bonchev–Trinajstić information content (AvgIpc) is 2.74. The van der Waals surface area contributed by atoms with Crippen LogP contribution in [0.4, 0.5) is 0 Å². The van der Waals surface area contributed by atoms with Crippen LogP contribution < -0.4 is 0 Å². The molecule has 0 atom stereocenters. The molecule has 2 aromatic rings. The van der Waals surface area contributed by atoms with Gasteiger partial charge in [-0.25, -0.2) is 0 Å². The molecule has 0 aliphatic rings. The maximum absolute atomic E-state index is 9.10. The van der Waals surface area contributed by atoms with E-state index in [1.165, 1.54) is 0 Å². The first-order chi connectivity index (χ1) is 8.11. The van der Waals surface area contributed by atoms with Gasteiger partial charge in [-0.3, -0.25) is 9.67 Å². The Kier molecular flexibility index (Phi) is 2.92. The fourth-order valence-electron chi connectivity index (χ4n) is 1.65. The van der Waals surface area contributed by atoms with Gasteiger partial charge in [0.1, 0.15) is 6.07 Å². The Morgan fingerprint density at radius 1 is 1.35 bits per heavy atom. The van der Waals surface area contributed by atoms with Gasteiger partial charge in [-0.2, -0.15) is 10.4 Å². The first-order valence-electron chi connectivity index (χ1n) is 5.52. The van der Waals surface area contributed by atoms with Gasteiger partial charge in [-0.1, -0.05) is 13.8 Å². The maximum atomic E-state index is 9.10. The van der Waals surface area contributed by atoms with Gasteiger partial charge in [0.05, 0.1) is 17.5 Å². The molecule has 0 spiro atoms. The lowest BCUT2D eigenvalue weighted by molar-refractivity contribution is 0.768. The Morgan fingerprint density at radius 3 is 2.65 bits per heavy atom. The summed E-state index contributed by atoms with van der Waals surface area (Å²) in [5, 5.41) is 13.2. The molecule has 0 radical (unpaired) electrons. The molecule has 0 fully saturated rings. The normalized spacial score (nSPS) is 10.5. The van der Waals surface area contributed by atoms with E-state index in [2.05, 4.69) is 30.0 Å². The number of rotatable bonds is 2. The van der Waals surface area contributed by atoms with Gasteiger partial charge in [-0.15, -0.1) is 0 Å². The van der Waals surface area contributed by atoms with Crippen LogP contribution in [0.3, 0.4) is 0 Å². The smallest absolute Gasteiger partial charge is 0.101 e. The Bertz CT molecular complexity index is 575. The van der Waals surface area contributed by atoms with Crippen LogP contribution in [0.25, 0.3) is 11.3 Å². The van der Waals surface area contributed by atoms with Gasteiger partial charge in [0, 0.05) is 24.5 Å². The van der Waals surface area contributed by atoms with Crippen molar-refractivity contribution < 1.29 is 0 Å². The predicted molar refractivity (Wildman–Crippen MR) is 65.2 cm³/mol. The van der Waals surface area contributed by atoms with Crippen LogP contribution in [0.15, 0.2) is 24.5 Å². The molecule has 17 heavy (non-hydrogen) atoms. The highest BCUT2D eigenvalue weighted by Crippen LogP contribution is 2.23. The average molecular weight is 226 g/mol. The maximum Gasteiger partial charge on any atom is 0.101 e. The Morgan fingerprint density at radius 2 is 2.12 bits per heavy atom.